The molecule has 0 atom stereocenters. The second kappa shape index (κ2) is 5.53. The molecule has 0 fully saturated rings. The molecular weight excluding hydrogens is 293 g/mol. The molecule has 0 spiro atoms. The second-order valence-corrected chi connectivity index (χ2v) is 4.84. The zero-order chi connectivity index (χ0) is 13.1. The van der Waals surface area contributed by atoms with Crippen molar-refractivity contribution in [3.8, 4) is 0 Å². The number of hydrogen-bond acceptors (Lipinski definition) is 1. The van der Waals surface area contributed by atoms with Crippen molar-refractivity contribution in [3.63, 3.8) is 0 Å². The molecule has 2 aromatic carbocycles. The van der Waals surface area contributed by atoms with Crippen molar-refractivity contribution in [1.29, 1.82) is 0 Å². The molecule has 2 rings (SSSR count). The van der Waals surface area contributed by atoms with Gasteiger partial charge in [0.1, 0.15) is 5.82 Å². The Morgan fingerprint density at radius 1 is 1.11 bits per heavy atom. The van der Waals surface area contributed by atoms with Crippen molar-refractivity contribution >= 4 is 27.3 Å². The van der Waals surface area contributed by atoms with Crippen LogP contribution in [0.5, 0.6) is 0 Å². The Hall–Kier alpha value is -1.35. The Bertz CT molecular complexity index is 554. The van der Waals surface area contributed by atoms with E-state index in [1.807, 2.05) is 30.1 Å². The van der Waals surface area contributed by atoms with Crippen molar-refractivity contribution in [2.24, 2.45) is 0 Å². The molecule has 0 radical (unpaired) electrons. The van der Waals surface area contributed by atoms with Gasteiger partial charge in [0.05, 0.1) is 5.69 Å². The lowest BCUT2D eigenvalue weighted by Gasteiger charge is -2.23. The molecule has 0 unspecified atom stereocenters. The van der Waals surface area contributed by atoms with Gasteiger partial charge >= 0.3 is 0 Å². The largest absolute Gasteiger partial charge is 0.342 e. The first-order chi connectivity index (χ1) is 8.63. The van der Waals surface area contributed by atoms with E-state index in [9.17, 15) is 4.39 Å². The van der Waals surface area contributed by atoms with Crippen LogP contribution < -0.4 is 4.90 Å². The normalized spacial score (nSPS) is 10.4. The van der Waals surface area contributed by atoms with Crippen LogP contribution in [0.1, 0.15) is 11.1 Å². The van der Waals surface area contributed by atoms with E-state index in [1.54, 1.807) is 12.1 Å². The molecule has 0 saturated carbocycles. The fourth-order valence-corrected chi connectivity index (χ4v) is 2.45. The quantitative estimate of drug-likeness (QED) is 0.736. The monoisotopic (exact) mass is 307 g/mol. The maximum Gasteiger partial charge on any atom is 0.146 e. The summed E-state index contributed by atoms with van der Waals surface area (Å²) in [7, 11) is 1.88. The lowest BCUT2D eigenvalue weighted by Crippen LogP contribution is -2.13. The summed E-state index contributed by atoms with van der Waals surface area (Å²) >= 11 is 3.48. The summed E-state index contributed by atoms with van der Waals surface area (Å²) in [6.07, 6.45) is 0. The molecule has 2 aromatic rings. The molecule has 0 heterocycles. The SMILES string of the molecule is Cc1ccc(N(C)c2ccccc2F)c(CBr)c1. The van der Waals surface area contributed by atoms with Crippen molar-refractivity contribution in [1.82, 2.24) is 0 Å². The molecule has 94 valence electrons. The second-order valence-electron chi connectivity index (χ2n) is 4.28. The maximum atomic E-state index is 13.8. The van der Waals surface area contributed by atoms with Gasteiger partial charge < -0.3 is 4.90 Å². The number of hydrogen-bond donors (Lipinski definition) is 0. The van der Waals surface area contributed by atoms with E-state index in [4.69, 9.17) is 0 Å². The number of rotatable bonds is 3. The maximum absolute atomic E-state index is 13.8. The van der Waals surface area contributed by atoms with Crippen LogP contribution in [0.15, 0.2) is 42.5 Å². The fraction of sp³-hybridized carbons (Fsp3) is 0.200. The summed E-state index contributed by atoms with van der Waals surface area (Å²) < 4.78 is 13.8. The summed E-state index contributed by atoms with van der Waals surface area (Å²) in [6, 6.07) is 13.0. The zero-order valence-corrected chi connectivity index (χ0v) is 12.0. The lowest BCUT2D eigenvalue weighted by atomic mass is 10.1. The number of benzene rings is 2. The fourth-order valence-electron chi connectivity index (χ4n) is 2.00. The Balaban J connectivity index is 2.46. The van der Waals surface area contributed by atoms with Crippen LogP contribution in [0.25, 0.3) is 0 Å². The third kappa shape index (κ3) is 2.56. The number of aryl methyl sites for hydroxylation is 1. The smallest absolute Gasteiger partial charge is 0.146 e. The zero-order valence-electron chi connectivity index (χ0n) is 10.5. The summed E-state index contributed by atoms with van der Waals surface area (Å²) in [5.41, 5.74) is 3.96. The molecule has 0 N–H and O–H groups in total. The summed E-state index contributed by atoms with van der Waals surface area (Å²) in [6.45, 7) is 2.05. The van der Waals surface area contributed by atoms with Gasteiger partial charge in [0.25, 0.3) is 0 Å². The van der Waals surface area contributed by atoms with Crippen molar-refractivity contribution in [3.05, 3.63) is 59.4 Å². The molecule has 0 aliphatic carbocycles. The molecule has 1 nitrogen and oxygen atoms in total. The number of alkyl halides is 1. The number of nitrogens with zero attached hydrogens (tertiary/aromatic N) is 1. The molecule has 0 aliphatic heterocycles. The van der Waals surface area contributed by atoms with Gasteiger partial charge in [0, 0.05) is 18.1 Å². The van der Waals surface area contributed by atoms with Gasteiger partial charge in [-0.05, 0) is 30.7 Å². The minimum absolute atomic E-state index is 0.207. The highest BCUT2D eigenvalue weighted by molar-refractivity contribution is 9.08. The van der Waals surface area contributed by atoms with Crippen molar-refractivity contribution in [2.45, 2.75) is 12.3 Å². The van der Waals surface area contributed by atoms with E-state index in [0.29, 0.717) is 5.69 Å². The van der Waals surface area contributed by atoms with E-state index in [2.05, 4.69) is 28.9 Å². The van der Waals surface area contributed by atoms with Crippen LogP contribution >= 0.6 is 15.9 Å². The molecule has 3 heteroatoms. The first-order valence-electron chi connectivity index (χ1n) is 5.77. The van der Waals surface area contributed by atoms with Crippen LogP contribution in [-0.4, -0.2) is 7.05 Å². The molecule has 0 aromatic heterocycles. The van der Waals surface area contributed by atoms with Gasteiger partial charge in [-0.3, -0.25) is 0 Å². The first-order valence-corrected chi connectivity index (χ1v) is 6.89. The summed E-state index contributed by atoms with van der Waals surface area (Å²) in [4.78, 5) is 1.88. The van der Waals surface area contributed by atoms with E-state index < -0.39 is 0 Å². The van der Waals surface area contributed by atoms with E-state index >= 15 is 0 Å². The summed E-state index contributed by atoms with van der Waals surface area (Å²) in [5, 5.41) is 0.753. The Kier molecular flexibility index (Phi) is 4.02. The molecule has 0 aliphatic rings. The van der Waals surface area contributed by atoms with Gasteiger partial charge in [-0.15, -0.1) is 0 Å². The van der Waals surface area contributed by atoms with Gasteiger partial charge in [0.2, 0.25) is 0 Å². The third-order valence-electron chi connectivity index (χ3n) is 2.95. The minimum atomic E-state index is -0.207. The van der Waals surface area contributed by atoms with Gasteiger partial charge in [0.15, 0.2) is 0 Å². The molecular formula is C15H15BrFN. The van der Waals surface area contributed by atoms with Crippen LogP contribution in [0.3, 0.4) is 0 Å². The van der Waals surface area contributed by atoms with E-state index in [1.165, 1.54) is 11.6 Å². The van der Waals surface area contributed by atoms with Crippen LogP contribution in [0.4, 0.5) is 15.8 Å². The van der Waals surface area contributed by atoms with Gasteiger partial charge in [-0.1, -0.05) is 45.8 Å². The number of anilines is 2. The molecule has 0 bridgehead atoms. The van der Waals surface area contributed by atoms with Gasteiger partial charge in [-0.2, -0.15) is 0 Å². The average molecular weight is 308 g/mol. The molecule has 0 amide bonds. The topological polar surface area (TPSA) is 3.24 Å². The average Bonchev–Trinajstić information content (AvgIpc) is 2.38. The highest BCUT2D eigenvalue weighted by Gasteiger charge is 2.12. The number of para-hydroxylation sites is 1. The highest BCUT2D eigenvalue weighted by Crippen LogP contribution is 2.30. The van der Waals surface area contributed by atoms with Crippen molar-refractivity contribution in [2.75, 3.05) is 11.9 Å². The number of halogens is 2. The predicted octanol–water partition coefficient (Wildman–Crippen LogP) is 4.80. The lowest BCUT2D eigenvalue weighted by molar-refractivity contribution is 0.627. The van der Waals surface area contributed by atoms with Crippen LogP contribution in [-0.2, 0) is 5.33 Å². The highest BCUT2D eigenvalue weighted by atomic mass is 79.9. The Morgan fingerprint density at radius 2 is 1.83 bits per heavy atom. The van der Waals surface area contributed by atoms with E-state index in [0.717, 1.165) is 16.6 Å². The van der Waals surface area contributed by atoms with Gasteiger partial charge in [-0.25, -0.2) is 4.39 Å². The molecule has 18 heavy (non-hydrogen) atoms. The Labute approximate surface area is 115 Å². The first kappa shape index (κ1) is 13.1. The molecule has 0 saturated heterocycles. The minimum Gasteiger partial charge on any atom is -0.342 e. The Morgan fingerprint density at radius 3 is 2.50 bits per heavy atom. The van der Waals surface area contributed by atoms with Crippen LogP contribution in [0.2, 0.25) is 0 Å². The van der Waals surface area contributed by atoms with Crippen molar-refractivity contribution < 1.29 is 4.39 Å². The summed E-state index contributed by atoms with van der Waals surface area (Å²) in [5.74, 6) is -0.207. The third-order valence-corrected chi connectivity index (χ3v) is 3.56. The van der Waals surface area contributed by atoms with Crippen LogP contribution in [0, 0.1) is 12.7 Å². The predicted molar refractivity (Wildman–Crippen MR) is 78.3 cm³/mol. The standard InChI is InChI=1S/C15H15BrFN/c1-11-7-8-14(12(9-11)10-16)18(2)15-6-4-3-5-13(15)17/h3-9H,10H2,1-2H3. The van der Waals surface area contributed by atoms with E-state index in [-0.39, 0.29) is 5.82 Å².